The van der Waals surface area contributed by atoms with Crippen LogP contribution in [0.4, 0.5) is 11.4 Å². The first-order valence-corrected chi connectivity index (χ1v) is 10.6. The summed E-state index contributed by atoms with van der Waals surface area (Å²) >= 11 is 3.16. The third-order valence-corrected chi connectivity index (χ3v) is 6.09. The van der Waals surface area contributed by atoms with E-state index in [4.69, 9.17) is 9.47 Å². The smallest absolute Gasteiger partial charge is 0.332 e. The molecule has 2 aromatic heterocycles. The van der Waals surface area contributed by atoms with Crippen molar-refractivity contribution in [1.82, 2.24) is 20.0 Å². The standard InChI is InChI=1S/C20H17BrN6O5/c21-12-5-17(27(29)30)18(22-7-12)32-9-13-8-26(25-24-13)14-6-20(11-31-10-14)15-3-1-2-4-16(15)23-19(20)28/h1-5,7-8,14H,6,9-11H2,(H,23,28). The molecule has 2 unspecified atom stereocenters. The summed E-state index contributed by atoms with van der Waals surface area (Å²) in [5.74, 6) is -0.187. The topological polar surface area (TPSA) is 134 Å². The normalized spacial score (nSPS) is 21.9. The number of benzene rings is 1. The third-order valence-electron chi connectivity index (χ3n) is 5.65. The summed E-state index contributed by atoms with van der Waals surface area (Å²) in [6, 6.07) is 8.73. The van der Waals surface area contributed by atoms with Crippen molar-refractivity contribution in [3.8, 4) is 5.88 Å². The summed E-state index contributed by atoms with van der Waals surface area (Å²) in [5.41, 5.74) is 1.18. The zero-order chi connectivity index (χ0) is 22.3. The Kier molecular flexibility index (Phi) is 5.10. The quantitative estimate of drug-likeness (QED) is 0.417. The summed E-state index contributed by atoms with van der Waals surface area (Å²) in [6.07, 6.45) is 3.62. The van der Waals surface area contributed by atoms with Crippen LogP contribution in [0.2, 0.25) is 0 Å². The largest absolute Gasteiger partial charge is 0.466 e. The molecule has 1 fully saturated rings. The summed E-state index contributed by atoms with van der Waals surface area (Å²) in [5, 5.41) is 22.4. The highest BCUT2D eigenvalue weighted by Gasteiger charge is 2.50. The molecule has 2 atom stereocenters. The number of amides is 1. The molecule has 12 heteroatoms. The molecule has 5 rings (SSSR count). The van der Waals surface area contributed by atoms with Gasteiger partial charge in [-0.2, -0.15) is 0 Å². The summed E-state index contributed by atoms with van der Waals surface area (Å²) in [7, 11) is 0. The van der Waals surface area contributed by atoms with E-state index in [2.05, 4.69) is 36.5 Å². The van der Waals surface area contributed by atoms with Crippen LogP contribution in [0.5, 0.6) is 5.88 Å². The number of fused-ring (bicyclic) bond motifs is 2. The van der Waals surface area contributed by atoms with Gasteiger partial charge in [0.2, 0.25) is 5.91 Å². The molecule has 2 aliphatic heterocycles. The third kappa shape index (κ3) is 3.50. The van der Waals surface area contributed by atoms with E-state index < -0.39 is 10.3 Å². The minimum absolute atomic E-state index is 0.0441. The fraction of sp³-hybridized carbons (Fsp3) is 0.300. The van der Waals surface area contributed by atoms with Crippen molar-refractivity contribution in [3.05, 3.63) is 68.6 Å². The van der Waals surface area contributed by atoms with Crippen LogP contribution in [0.3, 0.4) is 0 Å². The van der Waals surface area contributed by atoms with Crippen LogP contribution < -0.4 is 10.1 Å². The second kappa shape index (κ2) is 7.95. The van der Waals surface area contributed by atoms with E-state index in [-0.39, 0.29) is 30.1 Å². The van der Waals surface area contributed by atoms with Gasteiger partial charge in [-0.05, 0) is 34.0 Å². The van der Waals surface area contributed by atoms with E-state index in [9.17, 15) is 14.9 Å². The number of nitrogens with zero attached hydrogens (tertiary/aromatic N) is 5. The Balaban J connectivity index is 1.32. The van der Waals surface area contributed by atoms with E-state index in [0.29, 0.717) is 29.8 Å². The molecule has 1 spiro atoms. The molecule has 1 saturated heterocycles. The molecule has 11 nitrogen and oxygen atoms in total. The average Bonchev–Trinajstić information content (AvgIpc) is 3.37. The molecular weight excluding hydrogens is 484 g/mol. The molecule has 164 valence electrons. The number of anilines is 1. The first kappa shape index (κ1) is 20.5. The average molecular weight is 501 g/mol. The van der Waals surface area contributed by atoms with Crippen LogP contribution in [-0.2, 0) is 21.6 Å². The lowest BCUT2D eigenvalue weighted by Crippen LogP contribution is -2.46. The number of nitro groups is 1. The summed E-state index contributed by atoms with van der Waals surface area (Å²) < 4.78 is 13.5. The summed E-state index contributed by atoms with van der Waals surface area (Å²) in [4.78, 5) is 27.5. The lowest BCUT2D eigenvalue weighted by atomic mass is 9.76. The SMILES string of the molecule is O=C1Nc2ccccc2C12COCC(n1cc(COc3ncc(Br)cc3[N+](=O)[O-])nn1)C2. The predicted octanol–water partition coefficient (Wildman–Crippen LogP) is 2.77. The van der Waals surface area contributed by atoms with E-state index in [1.807, 2.05) is 24.3 Å². The molecule has 1 amide bonds. The minimum Gasteiger partial charge on any atom is -0.466 e. The van der Waals surface area contributed by atoms with Gasteiger partial charge in [0, 0.05) is 22.4 Å². The summed E-state index contributed by atoms with van der Waals surface area (Å²) in [6.45, 7) is 0.647. The molecule has 0 bridgehead atoms. The minimum atomic E-state index is -0.774. The maximum atomic E-state index is 12.8. The monoisotopic (exact) mass is 500 g/mol. The van der Waals surface area contributed by atoms with Gasteiger partial charge in [-0.3, -0.25) is 14.9 Å². The van der Waals surface area contributed by atoms with Gasteiger partial charge >= 0.3 is 5.69 Å². The number of hydrogen-bond donors (Lipinski definition) is 1. The molecule has 32 heavy (non-hydrogen) atoms. The molecule has 2 aliphatic rings. The van der Waals surface area contributed by atoms with Crippen LogP contribution in [0.1, 0.15) is 23.7 Å². The highest BCUT2D eigenvalue weighted by atomic mass is 79.9. The van der Waals surface area contributed by atoms with Gasteiger partial charge in [0.05, 0.1) is 30.4 Å². The number of pyridine rings is 1. The second-order valence-electron chi connectivity index (χ2n) is 7.67. The molecule has 3 aromatic rings. The highest BCUT2D eigenvalue weighted by molar-refractivity contribution is 9.10. The Labute approximate surface area is 190 Å². The van der Waals surface area contributed by atoms with Crippen molar-refractivity contribution >= 4 is 33.2 Å². The number of hydrogen-bond acceptors (Lipinski definition) is 8. The van der Waals surface area contributed by atoms with Crippen molar-refractivity contribution in [1.29, 1.82) is 0 Å². The van der Waals surface area contributed by atoms with Gasteiger partial charge in [0.15, 0.2) is 0 Å². The van der Waals surface area contributed by atoms with Crippen LogP contribution in [-0.4, -0.2) is 44.0 Å². The van der Waals surface area contributed by atoms with E-state index in [0.717, 1.165) is 11.3 Å². The molecular formula is C20H17BrN6O5. The number of nitrogens with one attached hydrogen (secondary N) is 1. The Morgan fingerprint density at radius 1 is 1.41 bits per heavy atom. The molecule has 0 radical (unpaired) electrons. The predicted molar refractivity (Wildman–Crippen MR) is 114 cm³/mol. The second-order valence-corrected chi connectivity index (χ2v) is 8.58. The first-order chi connectivity index (χ1) is 15.5. The fourth-order valence-electron chi connectivity index (χ4n) is 4.14. The van der Waals surface area contributed by atoms with Crippen molar-refractivity contribution in [2.75, 3.05) is 18.5 Å². The van der Waals surface area contributed by atoms with Crippen molar-refractivity contribution in [2.45, 2.75) is 24.5 Å². The van der Waals surface area contributed by atoms with Gasteiger partial charge in [-0.25, -0.2) is 9.67 Å². The molecule has 0 aliphatic carbocycles. The maximum absolute atomic E-state index is 12.8. The number of halogens is 1. The fourth-order valence-corrected chi connectivity index (χ4v) is 4.46. The zero-order valence-corrected chi connectivity index (χ0v) is 18.2. The van der Waals surface area contributed by atoms with Crippen molar-refractivity contribution < 1.29 is 19.2 Å². The van der Waals surface area contributed by atoms with E-state index >= 15 is 0 Å². The lowest BCUT2D eigenvalue weighted by Gasteiger charge is -2.36. The number of rotatable bonds is 5. The number of para-hydroxylation sites is 1. The number of carbonyl (C=O) groups excluding carboxylic acids is 1. The Bertz CT molecular complexity index is 1220. The number of ether oxygens (including phenoxy) is 2. The number of aromatic nitrogens is 4. The van der Waals surface area contributed by atoms with Crippen LogP contribution in [0.15, 0.2) is 47.2 Å². The van der Waals surface area contributed by atoms with Crippen LogP contribution in [0, 0.1) is 10.1 Å². The zero-order valence-electron chi connectivity index (χ0n) is 16.6. The van der Waals surface area contributed by atoms with Gasteiger partial charge < -0.3 is 14.8 Å². The Morgan fingerprint density at radius 3 is 3.09 bits per heavy atom. The highest BCUT2D eigenvalue weighted by Crippen LogP contribution is 2.45. The lowest BCUT2D eigenvalue weighted by molar-refractivity contribution is -0.386. The Morgan fingerprint density at radius 2 is 2.25 bits per heavy atom. The molecule has 1 N–H and O–H groups in total. The van der Waals surface area contributed by atoms with Crippen LogP contribution in [0.25, 0.3) is 0 Å². The van der Waals surface area contributed by atoms with Crippen LogP contribution >= 0.6 is 15.9 Å². The Hall–Kier alpha value is -3.38. The molecule has 0 saturated carbocycles. The van der Waals surface area contributed by atoms with Crippen molar-refractivity contribution in [3.63, 3.8) is 0 Å². The molecule has 4 heterocycles. The van der Waals surface area contributed by atoms with Gasteiger partial charge in [-0.1, -0.05) is 23.4 Å². The van der Waals surface area contributed by atoms with E-state index in [1.54, 1.807) is 10.9 Å². The van der Waals surface area contributed by atoms with E-state index in [1.165, 1.54) is 12.3 Å². The van der Waals surface area contributed by atoms with Gasteiger partial charge in [-0.15, -0.1) is 5.10 Å². The molecule has 1 aromatic carbocycles. The number of carbonyl (C=O) groups is 1. The van der Waals surface area contributed by atoms with Crippen molar-refractivity contribution in [2.24, 2.45) is 0 Å². The van der Waals surface area contributed by atoms with Gasteiger partial charge in [0.25, 0.3) is 5.88 Å². The van der Waals surface area contributed by atoms with Gasteiger partial charge in [0.1, 0.15) is 17.7 Å². The maximum Gasteiger partial charge on any atom is 0.332 e. The first-order valence-electron chi connectivity index (χ1n) is 9.78.